The Bertz CT molecular complexity index is 684. The summed E-state index contributed by atoms with van der Waals surface area (Å²) in [6.07, 6.45) is 8.61. The molecule has 2 aliphatic carbocycles. The smallest absolute Gasteiger partial charge is 0.294 e. The molecular formula is C15H19N5O. The second-order valence-electron chi connectivity index (χ2n) is 6.12. The molecule has 0 aromatic carbocycles. The molecule has 2 aliphatic rings. The molecule has 0 aliphatic heterocycles. The Morgan fingerprint density at radius 1 is 1.24 bits per heavy atom. The van der Waals surface area contributed by atoms with Crippen LogP contribution in [0.4, 0.5) is 0 Å². The van der Waals surface area contributed by atoms with Crippen molar-refractivity contribution < 1.29 is 4.79 Å². The normalized spacial score (nSPS) is 19.3. The van der Waals surface area contributed by atoms with Crippen LogP contribution in [0.1, 0.15) is 54.8 Å². The number of amides is 1. The number of carbonyl (C=O) groups is 1. The number of hydrogen-bond donors (Lipinski definition) is 0. The van der Waals surface area contributed by atoms with E-state index in [0.29, 0.717) is 17.9 Å². The summed E-state index contributed by atoms with van der Waals surface area (Å²) < 4.78 is 1.65. The van der Waals surface area contributed by atoms with Crippen LogP contribution >= 0.6 is 0 Å². The molecule has 21 heavy (non-hydrogen) atoms. The zero-order valence-corrected chi connectivity index (χ0v) is 12.2. The number of nitrogens with zero attached hydrogens (tertiary/aromatic N) is 5. The van der Waals surface area contributed by atoms with E-state index in [9.17, 15) is 4.79 Å². The number of aromatic nitrogens is 4. The van der Waals surface area contributed by atoms with Gasteiger partial charge in [0.2, 0.25) is 5.82 Å². The second-order valence-corrected chi connectivity index (χ2v) is 6.12. The van der Waals surface area contributed by atoms with Crippen LogP contribution in [0.25, 0.3) is 5.78 Å². The molecule has 4 rings (SSSR count). The van der Waals surface area contributed by atoms with Crippen molar-refractivity contribution in [2.75, 3.05) is 0 Å². The van der Waals surface area contributed by atoms with E-state index < -0.39 is 0 Å². The van der Waals surface area contributed by atoms with Crippen LogP contribution < -0.4 is 0 Å². The van der Waals surface area contributed by atoms with Crippen molar-refractivity contribution in [3.8, 4) is 0 Å². The van der Waals surface area contributed by atoms with Crippen LogP contribution in [0.3, 0.4) is 0 Å². The fourth-order valence-electron chi connectivity index (χ4n) is 3.28. The van der Waals surface area contributed by atoms with Crippen LogP contribution in [0.5, 0.6) is 0 Å². The van der Waals surface area contributed by atoms with Crippen molar-refractivity contribution >= 4 is 11.7 Å². The molecule has 0 unspecified atom stereocenters. The van der Waals surface area contributed by atoms with Crippen LogP contribution in [0.2, 0.25) is 0 Å². The SMILES string of the molecule is Cc1ccnc2nc(C(=O)N(C3CCCC3)C3CC3)nn12. The van der Waals surface area contributed by atoms with E-state index >= 15 is 0 Å². The summed E-state index contributed by atoms with van der Waals surface area (Å²) in [5.74, 6) is 0.769. The maximum atomic E-state index is 12.9. The van der Waals surface area contributed by atoms with E-state index in [-0.39, 0.29) is 11.7 Å². The summed E-state index contributed by atoms with van der Waals surface area (Å²) >= 11 is 0. The fraction of sp³-hybridized carbons (Fsp3) is 0.600. The third-order valence-corrected chi connectivity index (χ3v) is 4.51. The van der Waals surface area contributed by atoms with Crippen LogP contribution in [-0.2, 0) is 0 Å². The molecule has 1 amide bonds. The van der Waals surface area contributed by atoms with Gasteiger partial charge in [0.1, 0.15) is 0 Å². The Morgan fingerprint density at radius 2 is 1.95 bits per heavy atom. The number of carbonyl (C=O) groups excluding carboxylic acids is 1. The van der Waals surface area contributed by atoms with Crippen molar-refractivity contribution in [2.24, 2.45) is 0 Å². The lowest BCUT2D eigenvalue weighted by Gasteiger charge is -2.27. The highest BCUT2D eigenvalue weighted by Crippen LogP contribution is 2.35. The third-order valence-electron chi connectivity index (χ3n) is 4.51. The van der Waals surface area contributed by atoms with Crippen LogP contribution in [0.15, 0.2) is 12.3 Å². The van der Waals surface area contributed by atoms with Crippen molar-refractivity contribution in [1.29, 1.82) is 0 Å². The number of hydrogen-bond acceptors (Lipinski definition) is 4. The Balaban J connectivity index is 1.69. The first-order valence-corrected chi connectivity index (χ1v) is 7.75. The first kappa shape index (κ1) is 12.7. The lowest BCUT2D eigenvalue weighted by atomic mass is 10.2. The monoisotopic (exact) mass is 285 g/mol. The molecule has 2 fully saturated rings. The summed E-state index contributed by atoms with van der Waals surface area (Å²) in [6.45, 7) is 1.94. The van der Waals surface area contributed by atoms with E-state index in [1.54, 1.807) is 10.7 Å². The maximum Gasteiger partial charge on any atom is 0.294 e. The zero-order chi connectivity index (χ0) is 14.4. The Hall–Kier alpha value is -1.98. The topological polar surface area (TPSA) is 63.4 Å². The number of rotatable bonds is 3. The number of fused-ring (bicyclic) bond motifs is 1. The average Bonchev–Trinajstić information content (AvgIpc) is 3.00. The summed E-state index contributed by atoms with van der Waals surface area (Å²) in [6, 6.07) is 2.65. The van der Waals surface area contributed by atoms with Gasteiger partial charge in [-0.2, -0.15) is 4.98 Å². The number of aryl methyl sites for hydroxylation is 1. The quantitative estimate of drug-likeness (QED) is 0.865. The van der Waals surface area contributed by atoms with Gasteiger partial charge >= 0.3 is 0 Å². The molecule has 0 atom stereocenters. The molecular weight excluding hydrogens is 266 g/mol. The van der Waals surface area contributed by atoms with Gasteiger partial charge in [0, 0.05) is 24.0 Å². The van der Waals surface area contributed by atoms with E-state index in [0.717, 1.165) is 31.4 Å². The Labute approximate surface area is 123 Å². The molecule has 2 saturated carbocycles. The maximum absolute atomic E-state index is 12.9. The molecule has 0 saturated heterocycles. The lowest BCUT2D eigenvalue weighted by Crippen LogP contribution is -2.41. The van der Waals surface area contributed by atoms with E-state index in [4.69, 9.17) is 0 Å². The highest BCUT2D eigenvalue weighted by atomic mass is 16.2. The minimum absolute atomic E-state index is 0.0192. The third kappa shape index (κ3) is 2.18. The molecule has 110 valence electrons. The van der Waals surface area contributed by atoms with Gasteiger partial charge in [0.15, 0.2) is 0 Å². The summed E-state index contributed by atoms with van der Waals surface area (Å²) in [5, 5.41) is 4.37. The van der Waals surface area contributed by atoms with E-state index in [1.165, 1.54) is 12.8 Å². The van der Waals surface area contributed by atoms with Gasteiger partial charge in [0.05, 0.1) is 0 Å². The first-order chi connectivity index (χ1) is 10.2. The highest BCUT2D eigenvalue weighted by molar-refractivity contribution is 5.91. The van der Waals surface area contributed by atoms with Crippen molar-refractivity contribution in [3.05, 3.63) is 23.8 Å². The minimum atomic E-state index is -0.0192. The van der Waals surface area contributed by atoms with Crippen molar-refractivity contribution in [1.82, 2.24) is 24.5 Å². The van der Waals surface area contributed by atoms with Crippen LogP contribution in [-0.4, -0.2) is 42.5 Å². The van der Waals surface area contributed by atoms with Gasteiger partial charge in [-0.05, 0) is 38.7 Å². The predicted octanol–water partition coefficient (Wildman–Crippen LogP) is 1.98. The first-order valence-electron chi connectivity index (χ1n) is 7.75. The standard InChI is InChI=1S/C15H19N5O/c1-10-8-9-16-15-17-13(18-20(10)15)14(21)19(12-6-7-12)11-4-2-3-5-11/h8-9,11-12H,2-7H2,1H3. The van der Waals surface area contributed by atoms with Gasteiger partial charge in [-0.1, -0.05) is 12.8 Å². The zero-order valence-electron chi connectivity index (χ0n) is 12.2. The van der Waals surface area contributed by atoms with Crippen molar-refractivity contribution in [3.63, 3.8) is 0 Å². The van der Waals surface area contributed by atoms with Gasteiger partial charge in [-0.25, -0.2) is 9.50 Å². The van der Waals surface area contributed by atoms with Gasteiger partial charge in [-0.15, -0.1) is 5.10 Å². The largest absolute Gasteiger partial charge is 0.330 e. The second kappa shape index (κ2) is 4.79. The van der Waals surface area contributed by atoms with Crippen LogP contribution in [0, 0.1) is 6.92 Å². The summed E-state index contributed by atoms with van der Waals surface area (Å²) in [5.41, 5.74) is 0.936. The Kier molecular flexibility index (Phi) is 2.90. The van der Waals surface area contributed by atoms with Gasteiger partial charge in [-0.3, -0.25) is 4.79 Å². The predicted molar refractivity (Wildman–Crippen MR) is 77.0 cm³/mol. The fourth-order valence-corrected chi connectivity index (χ4v) is 3.28. The molecule has 0 spiro atoms. The Morgan fingerprint density at radius 3 is 2.62 bits per heavy atom. The van der Waals surface area contributed by atoms with E-state index in [2.05, 4.69) is 20.0 Å². The molecule has 2 aromatic heterocycles. The molecule has 0 radical (unpaired) electrons. The molecule has 0 bridgehead atoms. The van der Waals surface area contributed by atoms with E-state index in [1.807, 2.05) is 13.0 Å². The minimum Gasteiger partial charge on any atom is -0.330 e. The molecule has 2 aromatic rings. The highest BCUT2D eigenvalue weighted by Gasteiger charge is 2.40. The lowest BCUT2D eigenvalue weighted by molar-refractivity contribution is 0.0652. The summed E-state index contributed by atoms with van der Waals surface area (Å²) in [7, 11) is 0. The molecule has 2 heterocycles. The van der Waals surface area contributed by atoms with Crippen molar-refractivity contribution in [2.45, 2.75) is 57.5 Å². The molecule has 0 N–H and O–H groups in total. The molecule has 6 heteroatoms. The van der Waals surface area contributed by atoms with Gasteiger partial charge < -0.3 is 4.90 Å². The average molecular weight is 285 g/mol. The van der Waals surface area contributed by atoms with Gasteiger partial charge in [0.25, 0.3) is 11.7 Å². The molecule has 6 nitrogen and oxygen atoms in total. The summed E-state index contributed by atoms with van der Waals surface area (Å²) in [4.78, 5) is 23.4.